The van der Waals surface area contributed by atoms with E-state index < -0.39 is 17.7 Å². The SMILES string of the molecule is CCCCOc1ccc(C(O)=C2C(=O)C(=O)N(CCN(C)C)C2c2ccc(OCC)cc2)cc1C. The summed E-state index contributed by atoms with van der Waals surface area (Å²) >= 11 is 0. The Labute approximate surface area is 207 Å². The summed E-state index contributed by atoms with van der Waals surface area (Å²) in [6.07, 6.45) is 2.00. The van der Waals surface area contributed by atoms with Gasteiger partial charge in [0.1, 0.15) is 17.3 Å². The predicted octanol–water partition coefficient (Wildman–Crippen LogP) is 4.56. The summed E-state index contributed by atoms with van der Waals surface area (Å²) in [5.41, 5.74) is 2.16. The Morgan fingerprint density at radius 2 is 1.77 bits per heavy atom. The molecular formula is C28H36N2O5. The average Bonchev–Trinajstić information content (AvgIpc) is 3.09. The average molecular weight is 481 g/mol. The van der Waals surface area contributed by atoms with Crippen molar-refractivity contribution in [2.45, 2.75) is 39.7 Å². The molecule has 1 atom stereocenters. The van der Waals surface area contributed by atoms with Crippen LogP contribution in [0, 0.1) is 6.92 Å². The van der Waals surface area contributed by atoms with Crippen LogP contribution in [0.5, 0.6) is 11.5 Å². The Morgan fingerprint density at radius 1 is 1.06 bits per heavy atom. The highest BCUT2D eigenvalue weighted by atomic mass is 16.5. The van der Waals surface area contributed by atoms with Crippen molar-refractivity contribution in [3.05, 3.63) is 64.7 Å². The van der Waals surface area contributed by atoms with Crippen LogP contribution in [0.1, 0.15) is 49.4 Å². The Morgan fingerprint density at radius 3 is 2.37 bits per heavy atom. The van der Waals surface area contributed by atoms with Crippen molar-refractivity contribution in [1.29, 1.82) is 0 Å². The van der Waals surface area contributed by atoms with Crippen LogP contribution in [-0.2, 0) is 9.59 Å². The molecule has 0 aromatic heterocycles. The van der Waals surface area contributed by atoms with Crippen molar-refractivity contribution in [3.63, 3.8) is 0 Å². The molecule has 1 N–H and O–H groups in total. The fourth-order valence-electron chi connectivity index (χ4n) is 4.12. The largest absolute Gasteiger partial charge is 0.507 e. The number of benzene rings is 2. The molecule has 0 saturated carbocycles. The molecular weight excluding hydrogens is 444 g/mol. The summed E-state index contributed by atoms with van der Waals surface area (Å²) < 4.78 is 11.4. The van der Waals surface area contributed by atoms with E-state index >= 15 is 0 Å². The normalized spacial score (nSPS) is 17.3. The molecule has 188 valence electrons. The van der Waals surface area contributed by atoms with Gasteiger partial charge in [0, 0.05) is 18.7 Å². The molecule has 1 saturated heterocycles. The maximum absolute atomic E-state index is 13.2. The van der Waals surface area contributed by atoms with E-state index in [1.807, 2.05) is 57.1 Å². The van der Waals surface area contributed by atoms with Crippen LogP contribution in [0.4, 0.5) is 0 Å². The van der Waals surface area contributed by atoms with Crippen LogP contribution in [0.15, 0.2) is 48.0 Å². The number of unbranched alkanes of at least 4 members (excludes halogenated alkanes) is 1. The first kappa shape index (κ1) is 26.3. The Balaban J connectivity index is 2.04. The number of rotatable bonds is 11. The first-order valence-electron chi connectivity index (χ1n) is 12.2. The highest BCUT2D eigenvalue weighted by Crippen LogP contribution is 2.40. The number of likely N-dealkylation sites (tertiary alicyclic amines) is 1. The number of carbonyl (C=O) groups excluding carboxylic acids is 2. The number of aliphatic hydroxyl groups is 1. The molecule has 1 amide bonds. The van der Waals surface area contributed by atoms with Gasteiger partial charge in [-0.3, -0.25) is 9.59 Å². The number of carbonyl (C=O) groups is 2. The molecule has 0 aliphatic carbocycles. The number of Topliss-reactive ketones (excluding diaryl/α,β-unsaturated/α-hetero) is 1. The highest BCUT2D eigenvalue weighted by molar-refractivity contribution is 6.46. The molecule has 1 aliphatic heterocycles. The smallest absolute Gasteiger partial charge is 0.295 e. The molecule has 2 aromatic carbocycles. The Kier molecular flexibility index (Phi) is 8.93. The van der Waals surface area contributed by atoms with E-state index in [4.69, 9.17) is 9.47 Å². The molecule has 7 heteroatoms. The van der Waals surface area contributed by atoms with Gasteiger partial charge in [-0.1, -0.05) is 25.5 Å². The van der Waals surface area contributed by atoms with Crippen molar-refractivity contribution < 1.29 is 24.2 Å². The lowest BCUT2D eigenvalue weighted by atomic mass is 9.94. The number of aryl methyl sites for hydroxylation is 1. The van der Waals surface area contributed by atoms with Gasteiger partial charge in [0.15, 0.2) is 0 Å². The molecule has 0 bridgehead atoms. The van der Waals surface area contributed by atoms with E-state index in [0.29, 0.717) is 37.6 Å². The predicted molar refractivity (Wildman–Crippen MR) is 137 cm³/mol. The van der Waals surface area contributed by atoms with Gasteiger partial charge in [-0.25, -0.2) is 0 Å². The molecule has 2 aromatic rings. The van der Waals surface area contributed by atoms with Gasteiger partial charge in [-0.15, -0.1) is 0 Å². The third-order valence-electron chi connectivity index (χ3n) is 6.04. The number of aliphatic hydroxyl groups excluding tert-OH is 1. The first-order chi connectivity index (χ1) is 16.8. The second-order valence-electron chi connectivity index (χ2n) is 8.98. The number of amides is 1. The lowest BCUT2D eigenvalue weighted by Crippen LogP contribution is -2.35. The summed E-state index contributed by atoms with van der Waals surface area (Å²) in [4.78, 5) is 29.7. The Hall–Kier alpha value is -3.32. The van der Waals surface area contributed by atoms with E-state index in [-0.39, 0.29) is 11.3 Å². The van der Waals surface area contributed by atoms with E-state index in [2.05, 4.69) is 6.92 Å². The monoisotopic (exact) mass is 480 g/mol. The minimum absolute atomic E-state index is 0.0944. The number of hydrogen-bond donors (Lipinski definition) is 1. The van der Waals surface area contributed by atoms with Crippen molar-refractivity contribution in [1.82, 2.24) is 9.80 Å². The lowest BCUT2D eigenvalue weighted by Gasteiger charge is -2.26. The topological polar surface area (TPSA) is 79.3 Å². The maximum Gasteiger partial charge on any atom is 0.295 e. The van der Waals surface area contributed by atoms with Gasteiger partial charge in [-0.2, -0.15) is 0 Å². The van der Waals surface area contributed by atoms with Gasteiger partial charge >= 0.3 is 0 Å². The molecule has 35 heavy (non-hydrogen) atoms. The first-order valence-corrected chi connectivity index (χ1v) is 12.2. The molecule has 1 fully saturated rings. The van der Waals surface area contributed by atoms with Crippen LogP contribution in [0.25, 0.3) is 5.76 Å². The van der Waals surface area contributed by atoms with Gasteiger partial charge in [0.05, 0.1) is 24.8 Å². The minimum atomic E-state index is -0.689. The molecule has 1 unspecified atom stereocenters. The molecule has 7 nitrogen and oxygen atoms in total. The van der Waals surface area contributed by atoms with Gasteiger partial charge < -0.3 is 24.4 Å². The second kappa shape index (κ2) is 11.9. The Bertz CT molecular complexity index is 1080. The third kappa shape index (κ3) is 6.03. The molecule has 1 heterocycles. The van der Waals surface area contributed by atoms with E-state index in [1.54, 1.807) is 23.1 Å². The van der Waals surface area contributed by atoms with E-state index in [0.717, 1.165) is 29.7 Å². The second-order valence-corrected chi connectivity index (χ2v) is 8.98. The van der Waals surface area contributed by atoms with Crippen molar-refractivity contribution in [3.8, 4) is 11.5 Å². The van der Waals surface area contributed by atoms with Crippen LogP contribution in [0.2, 0.25) is 0 Å². The van der Waals surface area contributed by atoms with Gasteiger partial charge in [-0.05, 0) is 75.8 Å². The third-order valence-corrected chi connectivity index (χ3v) is 6.04. The zero-order chi connectivity index (χ0) is 25.5. The number of likely N-dealkylation sites (N-methyl/N-ethyl adjacent to an activating group) is 1. The highest BCUT2D eigenvalue weighted by Gasteiger charge is 2.45. The fraction of sp³-hybridized carbons (Fsp3) is 0.429. The molecule has 0 spiro atoms. The molecule has 1 aliphatic rings. The van der Waals surface area contributed by atoms with Crippen molar-refractivity contribution in [2.75, 3.05) is 40.4 Å². The molecule has 3 rings (SSSR count). The minimum Gasteiger partial charge on any atom is -0.507 e. The summed E-state index contributed by atoms with van der Waals surface area (Å²) in [6.45, 7) is 8.02. The number of hydrogen-bond acceptors (Lipinski definition) is 6. The fourth-order valence-corrected chi connectivity index (χ4v) is 4.12. The quantitative estimate of drug-likeness (QED) is 0.220. The molecule has 0 radical (unpaired) electrons. The van der Waals surface area contributed by atoms with Crippen LogP contribution in [0.3, 0.4) is 0 Å². The van der Waals surface area contributed by atoms with Gasteiger partial charge in [0.2, 0.25) is 0 Å². The van der Waals surface area contributed by atoms with Crippen LogP contribution >= 0.6 is 0 Å². The zero-order valence-corrected chi connectivity index (χ0v) is 21.3. The van der Waals surface area contributed by atoms with Crippen molar-refractivity contribution >= 4 is 17.4 Å². The lowest BCUT2D eigenvalue weighted by molar-refractivity contribution is -0.140. The van der Waals surface area contributed by atoms with Crippen molar-refractivity contribution in [2.24, 2.45) is 0 Å². The van der Waals surface area contributed by atoms with E-state index in [9.17, 15) is 14.7 Å². The van der Waals surface area contributed by atoms with E-state index in [1.165, 1.54) is 0 Å². The summed E-state index contributed by atoms with van der Waals surface area (Å²) in [5.74, 6) is -0.0253. The zero-order valence-electron chi connectivity index (χ0n) is 21.3. The van der Waals surface area contributed by atoms with Crippen LogP contribution in [-0.4, -0.2) is 67.0 Å². The van der Waals surface area contributed by atoms with Crippen LogP contribution < -0.4 is 9.47 Å². The summed E-state index contributed by atoms with van der Waals surface area (Å²) in [5, 5.41) is 11.3. The number of ether oxygens (including phenoxy) is 2. The maximum atomic E-state index is 13.2. The number of nitrogens with zero attached hydrogens (tertiary/aromatic N) is 2. The number of ketones is 1. The summed E-state index contributed by atoms with van der Waals surface area (Å²) in [6, 6.07) is 11.9. The standard InChI is InChI=1S/C28H36N2O5/c1-6-8-17-35-23-14-11-21(18-19(23)3)26(31)24-25(20-9-12-22(13-10-20)34-7-2)30(16-15-29(4)5)28(33)27(24)32/h9-14,18,25,31H,6-8,15-17H2,1-5H3. The van der Waals surface area contributed by atoms with Gasteiger partial charge in [0.25, 0.3) is 11.7 Å². The summed E-state index contributed by atoms with van der Waals surface area (Å²) in [7, 11) is 3.82.